The van der Waals surface area contributed by atoms with E-state index in [1.54, 1.807) is 13.3 Å². The van der Waals surface area contributed by atoms with Crippen molar-refractivity contribution in [2.45, 2.75) is 24.9 Å². The number of carbonyl (C=O) groups excluding carboxylic acids is 1. The van der Waals surface area contributed by atoms with E-state index in [1.165, 1.54) is 17.0 Å². The molecule has 3 aliphatic carbocycles. The molecule has 7 nitrogen and oxygen atoms in total. The van der Waals surface area contributed by atoms with Crippen LogP contribution < -0.4 is 15.0 Å². The summed E-state index contributed by atoms with van der Waals surface area (Å²) >= 11 is 1.34. The summed E-state index contributed by atoms with van der Waals surface area (Å²) in [5, 5.41) is 4.16. The summed E-state index contributed by atoms with van der Waals surface area (Å²) < 4.78 is 16.7. The van der Waals surface area contributed by atoms with Gasteiger partial charge in [0, 0.05) is 25.9 Å². The summed E-state index contributed by atoms with van der Waals surface area (Å²) in [6, 6.07) is 8.02. The van der Waals surface area contributed by atoms with Crippen molar-refractivity contribution in [3.63, 3.8) is 0 Å². The number of nitrogens with zero attached hydrogens (tertiary/aromatic N) is 2. The highest BCUT2D eigenvalue weighted by Gasteiger charge is 2.72. The molecule has 8 heteroatoms. The third kappa shape index (κ3) is 3.05. The van der Waals surface area contributed by atoms with Gasteiger partial charge in [-0.1, -0.05) is 11.3 Å². The number of thiazole rings is 1. The standard InChI is InChI=1S/C20H23N3O4S/c1-25-20-11-19(12-20,13-20)17(24)22-18-21-10-16(28-18)27-15-4-2-14(3-5-15)23-6-8-26-9-7-23/h2-5,10H,6-9,11-13H2,1H3,(H,21,22,24). The Kier molecular flexibility index (Phi) is 4.30. The first-order valence-electron chi connectivity index (χ1n) is 9.53. The number of anilines is 2. The summed E-state index contributed by atoms with van der Waals surface area (Å²) in [6.07, 6.45) is 4.08. The number of morpholine rings is 1. The number of carbonyl (C=O) groups is 1. The molecule has 1 aliphatic heterocycles. The number of aromatic nitrogens is 1. The largest absolute Gasteiger partial charge is 0.445 e. The molecule has 1 saturated heterocycles. The van der Waals surface area contributed by atoms with Crippen LogP contribution in [-0.4, -0.2) is 49.9 Å². The van der Waals surface area contributed by atoms with E-state index in [2.05, 4.69) is 27.3 Å². The molecule has 0 unspecified atom stereocenters. The number of rotatable bonds is 6. The van der Waals surface area contributed by atoms with Crippen LogP contribution in [0.15, 0.2) is 30.5 Å². The van der Waals surface area contributed by atoms with Gasteiger partial charge in [0.05, 0.1) is 30.4 Å². The van der Waals surface area contributed by atoms with Crippen molar-refractivity contribution in [2.24, 2.45) is 5.41 Å². The minimum absolute atomic E-state index is 0.0398. The van der Waals surface area contributed by atoms with Gasteiger partial charge in [0.15, 0.2) is 5.13 Å². The number of nitrogens with one attached hydrogen (secondary N) is 1. The van der Waals surface area contributed by atoms with Crippen LogP contribution in [0.2, 0.25) is 0 Å². The molecule has 0 spiro atoms. The third-order valence-corrected chi connectivity index (χ3v) is 6.82. The first-order chi connectivity index (χ1) is 13.6. The van der Waals surface area contributed by atoms with E-state index < -0.39 is 0 Å². The maximum absolute atomic E-state index is 12.5. The fraction of sp³-hybridized carbons (Fsp3) is 0.500. The Morgan fingerprint density at radius 2 is 1.93 bits per heavy atom. The smallest absolute Gasteiger partial charge is 0.232 e. The number of ether oxygens (including phenoxy) is 3. The molecule has 28 heavy (non-hydrogen) atoms. The Morgan fingerprint density at radius 3 is 2.61 bits per heavy atom. The Labute approximate surface area is 167 Å². The van der Waals surface area contributed by atoms with E-state index in [9.17, 15) is 4.79 Å². The average molecular weight is 401 g/mol. The van der Waals surface area contributed by atoms with Crippen molar-refractivity contribution < 1.29 is 19.0 Å². The van der Waals surface area contributed by atoms with E-state index in [0.29, 0.717) is 10.2 Å². The van der Waals surface area contributed by atoms with Crippen LogP contribution in [0.1, 0.15) is 19.3 Å². The normalized spacial score (nSPS) is 28.2. The lowest BCUT2D eigenvalue weighted by Crippen LogP contribution is -2.72. The van der Waals surface area contributed by atoms with Crippen LogP contribution in [0.25, 0.3) is 0 Å². The van der Waals surface area contributed by atoms with Crippen LogP contribution in [0.4, 0.5) is 10.8 Å². The van der Waals surface area contributed by atoms with Crippen molar-refractivity contribution in [1.29, 1.82) is 0 Å². The van der Waals surface area contributed by atoms with Gasteiger partial charge in [-0.05, 0) is 43.5 Å². The predicted octanol–water partition coefficient (Wildman–Crippen LogP) is 3.28. The van der Waals surface area contributed by atoms with Crippen LogP contribution in [-0.2, 0) is 14.3 Å². The van der Waals surface area contributed by atoms with Gasteiger partial charge in [0.2, 0.25) is 11.0 Å². The van der Waals surface area contributed by atoms with Crippen molar-refractivity contribution in [1.82, 2.24) is 4.98 Å². The molecular formula is C20H23N3O4S. The van der Waals surface area contributed by atoms with Gasteiger partial charge in [0.25, 0.3) is 0 Å². The zero-order valence-corrected chi connectivity index (χ0v) is 16.6. The first kappa shape index (κ1) is 17.9. The van der Waals surface area contributed by atoms with Gasteiger partial charge >= 0.3 is 0 Å². The van der Waals surface area contributed by atoms with Gasteiger partial charge in [-0.3, -0.25) is 4.79 Å². The van der Waals surface area contributed by atoms with Gasteiger partial charge in [-0.2, -0.15) is 0 Å². The van der Waals surface area contributed by atoms with Crippen molar-refractivity contribution >= 4 is 28.1 Å². The maximum atomic E-state index is 12.5. The molecule has 6 rings (SSSR count). The zero-order valence-electron chi connectivity index (χ0n) is 15.8. The molecule has 1 aromatic carbocycles. The summed E-state index contributed by atoms with van der Waals surface area (Å²) in [6.45, 7) is 3.35. The van der Waals surface area contributed by atoms with Crippen LogP contribution in [0, 0.1) is 5.41 Å². The number of amides is 1. The Hall–Kier alpha value is -2.16. The topological polar surface area (TPSA) is 72.9 Å². The summed E-state index contributed by atoms with van der Waals surface area (Å²) in [5.41, 5.74) is 0.875. The molecule has 4 fully saturated rings. The number of methoxy groups -OCH3 is 1. The molecule has 1 amide bonds. The lowest BCUT2D eigenvalue weighted by Gasteiger charge is -2.67. The maximum Gasteiger partial charge on any atom is 0.232 e. The molecule has 2 bridgehead atoms. The molecule has 2 heterocycles. The quantitative estimate of drug-likeness (QED) is 0.801. The van der Waals surface area contributed by atoms with E-state index >= 15 is 0 Å². The van der Waals surface area contributed by atoms with Gasteiger partial charge in [0.1, 0.15) is 5.75 Å². The predicted molar refractivity (Wildman–Crippen MR) is 106 cm³/mol. The van der Waals surface area contributed by atoms with E-state index in [-0.39, 0.29) is 16.9 Å². The number of benzene rings is 1. The molecule has 2 aromatic rings. The molecule has 1 aromatic heterocycles. The summed E-state index contributed by atoms with van der Waals surface area (Å²) in [5.74, 6) is 0.794. The molecule has 4 aliphatic rings. The van der Waals surface area contributed by atoms with E-state index in [1.807, 2.05) is 12.1 Å². The van der Waals surface area contributed by atoms with Crippen molar-refractivity contribution in [2.75, 3.05) is 43.6 Å². The Balaban J connectivity index is 1.17. The average Bonchev–Trinajstić information content (AvgIpc) is 3.08. The van der Waals surface area contributed by atoms with Gasteiger partial charge < -0.3 is 24.4 Å². The van der Waals surface area contributed by atoms with Gasteiger partial charge in [-0.25, -0.2) is 4.98 Å². The number of hydrogen-bond donors (Lipinski definition) is 1. The minimum Gasteiger partial charge on any atom is -0.445 e. The fourth-order valence-corrected chi connectivity index (χ4v) is 5.09. The first-order valence-corrected chi connectivity index (χ1v) is 10.3. The molecule has 0 radical (unpaired) electrons. The second kappa shape index (κ2) is 6.72. The number of hydrogen-bond acceptors (Lipinski definition) is 7. The molecule has 0 atom stereocenters. The van der Waals surface area contributed by atoms with E-state index in [0.717, 1.165) is 51.3 Å². The second-order valence-corrected chi connectivity index (χ2v) is 8.82. The Bertz CT molecular complexity index is 856. The lowest BCUT2D eigenvalue weighted by molar-refractivity contribution is -0.260. The summed E-state index contributed by atoms with van der Waals surface area (Å²) in [4.78, 5) is 19.1. The highest BCUT2D eigenvalue weighted by atomic mass is 32.1. The highest BCUT2D eigenvalue weighted by molar-refractivity contribution is 7.17. The molecule has 1 N–H and O–H groups in total. The Morgan fingerprint density at radius 1 is 1.21 bits per heavy atom. The monoisotopic (exact) mass is 401 g/mol. The third-order valence-electron chi connectivity index (χ3n) is 6.03. The second-order valence-electron chi connectivity index (χ2n) is 7.83. The van der Waals surface area contributed by atoms with Gasteiger partial charge in [-0.15, -0.1) is 0 Å². The fourth-order valence-electron chi connectivity index (χ4n) is 4.41. The van der Waals surface area contributed by atoms with Crippen LogP contribution in [0.3, 0.4) is 0 Å². The van der Waals surface area contributed by atoms with Crippen LogP contribution >= 0.6 is 11.3 Å². The summed E-state index contributed by atoms with van der Waals surface area (Å²) in [7, 11) is 1.72. The van der Waals surface area contributed by atoms with Crippen LogP contribution in [0.5, 0.6) is 10.8 Å². The SMILES string of the molecule is COC12CC(C(=O)Nc3ncc(Oc4ccc(N5CCOCC5)cc4)s3)(C1)C2. The van der Waals surface area contributed by atoms with Crippen molar-refractivity contribution in [3.8, 4) is 10.8 Å². The molecule has 148 valence electrons. The molecular weight excluding hydrogens is 378 g/mol. The highest BCUT2D eigenvalue weighted by Crippen LogP contribution is 2.69. The lowest BCUT2D eigenvalue weighted by atomic mass is 9.41. The zero-order chi connectivity index (χ0) is 19.2. The van der Waals surface area contributed by atoms with Crippen molar-refractivity contribution in [3.05, 3.63) is 30.5 Å². The molecule has 3 saturated carbocycles. The minimum atomic E-state index is -0.252. The van der Waals surface area contributed by atoms with E-state index in [4.69, 9.17) is 14.2 Å².